The summed E-state index contributed by atoms with van der Waals surface area (Å²) < 4.78 is 0. The fourth-order valence-corrected chi connectivity index (χ4v) is 3.37. The quantitative estimate of drug-likeness (QED) is 0.817. The third-order valence-electron chi connectivity index (χ3n) is 3.92. The van der Waals surface area contributed by atoms with Gasteiger partial charge in [-0.1, -0.05) is 0 Å². The Morgan fingerprint density at radius 3 is 2.72 bits per heavy atom. The number of hydrogen-bond donors (Lipinski definition) is 1. The number of piperidine rings is 1. The minimum atomic E-state index is 0.321. The number of nitrogens with one attached hydrogen (secondary N) is 1. The zero-order valence-electron chi connectivity index (χ0n) is 11.4. The van der Waals surface area contributed by atoms with E-state index in [4.69, 9.17) is 0 Å². The number of rotatable bonds is 3. The summed E-state index contributed by atoms with van der Waals surface area (Å²) in [5.41, 5.74) is 0. The Balaban J connectivity index is 1.73. The third kappa shape index (κ3) is 4.14. The summed E-state index contributed by atoms with van der Waals surface area (Å²) in [5, 5.41) is 4.14. The second kappa shape index (κ2) is 7.36. The van der Waals surface area contributed by atoms with Gasteiger partial charge in [-0.05, 0) is 45.2 Å². The van der Waals surface area contributed by atoms with Gasteiger partial charge in [-0.25, -0.2) is 0 Å². The second-order valence-corrected chi connectivity index (χ2v) is 6.33. The summed E-state index contributed by atoms with van der Waals surface area (Å²) in [5.74, 6) is 0.321. The predicted molar refractivity (Wildman–Crippen MR) is 77.0 cm³/mol. The maximum absolute atomic E-state index is 12.2. The number of amides is 1. The van der Waals surface area contributed by atoms with E-state index in [1.807, 2.05) is 16.7 Å². The molecule has 0 saturated carbocycles. The maximum Gasteiger partial charge on any atom is 0.236 e. The van der Waals surface area contributed by atoms with Crippen molar-refractivity contribution in [2.45, 2.75) is 24.5 Å². The maximum atomic E-state index is 12.2. The van der Waals surface area contributed by atoms with Crippen molar-refractivity contribution in [3.63, 3.8) is 0 Å². The van der Waals surface area contributed by atoms with Gasteiger partial charge in [0.25, 0.3) is 0 Å². The Bertz CT molecular complexity index is 259. The van der Waals surface area contributed by atoms with Gasteiger partial charge in [-0.3, -0.25) is 9.69 Å². The van der Waals surface area contributed by atoms with Crippen LogP contribution in [0.25, 0.3) is 0 Å². The molecule has 2 saturated heterocycles. The van der Waals surface area contributed by atoms with Gasteiger partial charge in [0.1, 0.15) is 0 Å². The molecule has 1 amide bonds. The first kappa shape index (κ1) is 14.2. The highest BCUT2D eigenvalue weighted by atomic mass is 32.2. The minimum absolute atomic E-state index is 0.321. The van der Waals surface area contributed by atoms with Crippen LogP contribution in [0, 0.1) is 0 Å². The largest absolute Gasteiger partial charge is 0.340 e. The zero-order chi connectivity index (χ0) is 12.8. The molecule has 0 bridgehead atoms. The van der Waals surface area contributed by atoms with Gasteiger partial charge in [-0.15, -0.1) is 0 Å². The van der Waals surface area contributed by atoms with Crippen molar-refractivity contribution in [1.82, 2.24) is 15.1 Å². The first-order chi connectivity index (χ1) is 8.79. The molecule has 104 valence electrons. The van der Waals surface area contributed by atoms with Crippen molar-refractivity contribution in [3.05, 3.63) is 0 Å². The van der Waals surface area contributed by atoms with E-state index in [0.717, 1.165) is 50.9 Å². The average Bonchev–Trinajstić information content (AvgIpc) is 2.68. The van der Waals surface area contributed by atoms with Crippen LogP contribution in [0.3, 0.4) is 0 Å². The molecule has 2 aliphatic rings. The van der Waals surface area contributed by atoms with E-state index in [1.165, 1.54) is 12.8 Å². The molecule has 0 aromatic carbocycles. The highest BCUT2D eigenvalue weighted by Crippen LogP contribution is 2.20. The van der Waals surface area contributed by atoms with Crippen molar-refractivity contribution in [3.8, 4) is 0 Å². The van der Waals surface area contributed by atoms with Crippen LogP contribution in [0.4, 0.5) is 0 Å². The molecule has 2 aliphatic heterocycles. The summed E-state index contributed by atoms with van der Waals surface area (Å²) >= 11 is 1.97. The van der Waals surface area contributed by atoms with Crippen molar-refractivity contribution >= 4 is 17.7 Å². The van der Waals surface area contributed by atoms with Crippen LogP contribution >= 0.6 is 11.8 Å². The molecule has 0 aromatic rings. The zero-order valence-corrected chi connectivity index (χ0v) is 12.2. The second-order valence-electron chi connectivity index (χ2n) is 5.20. The van der Waals surface area contributed by atoms with E-state index in [9.17, 15) is 4.79 Å². The summed E-state index contributed by atoms with van der Waals surface area (Å²) in [7, 11) is 0. The van der Waals surface area contributed by atoms with E-state index in [-0.39, 0.29) is 0 Å². The molecular weight excluding hydrogens is 246 g/mol. The Morgan fingerprint density at radius 2 is 2.00 bits per heavy atom. The topological polar surface area (TPSA) is 35.6 Å². The SMILES string of the molecule is CSC1CCN(CC(=O)N2CCCNCC2)CC1. The van der Waals surface area contributed by atoms with Crippen LogP contribution in [0.2, 0.25) is 0 Å². The highest BCUT2D eigenvalue weighted by molar-refractivity contribution is 7.99. The summed E-state index contributed by atoms with van der Waals surface area (Å²) in [6.45, 7) is 6.59. The number of nitrogens with zero attached hydrogens (tertiary/aromatic N) is 2. The predicted octanol–water partition coefficient (Wildman–Crippen LogP) is 0.636. The molecule has 5 heteroatoms. The van der Waals surface area contributed by atoms with E-state index >= 15 is 0 Å². The lowest BCUT2D eigenvalue weighted by atomic mass is 10.1. The monoisotopic (exact) mass is 271 g/mol. The van der Waals surface area contributed by atoms with Crippen LogP contribution in [0.5, 0.6) is 0 Å². The molecule has 4 nitrogen and oxygen atoms in total. The lowest BCUT2D eigenvalue weighted by Crippen LogP contribution is -2.44. The Hall–Kier alpha value is -0.260. The van der Waals surface area contributed by atoms with Gasteiger partial charge < -0.3 is 10.2 Å². The smallest absolute Gasteiger partial charge is 0.236 e. The van der Waals surface area contributed by atoms with Crippen LogP contribution < -0.4 is 5.32 Å². The van der Waals surface area contributed by atoms with Crippen molar-refractivity contribution < 1.29 is 4.79 Å². The van der Waals surface area contributed by atoms with Gasteiger partial charge in [0, 0.05) is 24.9 Å². The standard InChI is InChI=1S/C13H25N3OS/c1-18-12-3-8-15(9-4-12)11-13(17)16-7-2-5-14-6-10-16/h12,14H,2-11H2,1H3. The van der Waals surface area contributed by atoms with E-state index in [0.29, 0.717) is 12.5 Å². The normalized spacial score (nSPS) is 23.9. The highest BCUT2D eigenvalue weighted by Gasteiger charge is 2.22. The molecule has 0 aliphatic carbocycles. The molecular formula is C13H25N3OS. The number of likely N-dealkylation sites (tertiary alicyclic amines) is 1. The van der Waals surface area contributed by atoms with Crippen LogP contribution in [0.15, 0.2) is 0 Å². The van der Waals surface area contributed by atoms with Crippen molar-refractivity contribution in [2.24, 2.45) is 0 Å². The molecule has 18 heavy (non-hydrogen) atoms. The van der Waals surface area contributed by atoms with Gasteiger partial charge in [0.15, 0.2) is 0 Å². The van der Waals surface area contributed by atoms with Crippen LogP contribution in [-0.4, -0.2) is 73.0 Å². The number of thioether (sulfide) groups is 1. The average molecular weight is 271 g/mol. The van der Waals surface area contributed by atoms with Crippen molar-refractivity contribution in [1.29, 1.82) is 0 Å². The van der Waals surface area contributed by atoms with Crippen LogP contribution in [-0.2, 0) is 4.79 Å². The van der Waals surface area contributed by atoms with E-state index in [1.54, 1.807) is 0 Å². The first-order valence-corrected chi connectivity index (χ1v) is 8.32. The van der Waals surface area contributed by atoms with Gasteiger partial charge in [-0.2, -0.15) is 11.8 Å². The lowest BCUT2D eigenvalue weighted by molar-refractivity contribution is -0.132. The summed E-state index contributed by atoms with van der Waals surface area (Å²) in [4.78, 5) is 16.6. The minimum Gasteiger partial charge on any atom is -0.340 e. The molecule has 0 aromatic heterocycles. The number of hydrogen-bond acceptors (Lipinski definition) is 4. The Labute approximate surface area is 114 Å². The van der Waals surface area contributed by atoms with E-state index in [2.05, 4.69) is 16.5 Å². The molecule has 0 radical (unpaired) electrons. The van der Waals surface area contributed by atoms with E-state index < -0.39 is 0 Å². The molecule has 0 unspecified atom stereocenters. The van der Waals surface area contributed by atoms with Gasteiger partial charge in [0.05, 0.1) is 6.54 Å². The van der Waals surface area contributed by atoms with Gasteiger partial charge in [0.2, 0.25) is 5.91 Å². The summed E-state index contributed by atoms with van der Waals surface area (Å²) in [6.07, 6.45) is 5.74. The fraction of sp³-hybridized carbons (Fsp3) is 0.923. The van der Waals surface area contributed by atoms with Gasteiger partial charge >= 0.3 is 0 Å². The third-order valence-corrected chi connectivity index (χ3v) is 5.06. The molecule has 1 N–H and O–H groups in total. The summed E-state index contributed by atoms with van der Waals surface area (Å²) in [6, 6.07) is 0. The number of carbonyl (C=O) groups excluding carboxylic acids is 1. The molecule has 2 fully saturated rings. The Morgan fingerprint density at radius 1 is 1.22 bits per heavy atom. The molecule has 0 atom stereocenters. The Kier molecular flexibility index (Phi) is 5.79. The molecule has 0 spiro atoms. The van der Waals surface area contributed by atoms with Crippen molar-refractivity contribution in [2.75, 3.05) is 52.1 Å². The number of carbonyl (C=O) groups is 1. The molecule has 2 rings (SSSR count). The lowest BCUT2D eigenvalue weighted by Gasteiger charge is -2.32. The first-order valence-electron chi connectivity index (χ1n) is 7.03. The fourth-order valence-electron chi connectivity index (χ4n) is 2.69. The molecule has 2 heterocycles. The van der Waals surface area contributed by atoms with Crippen LogP contribution in [0.1, 0.15) is 19.3 Å².